The van der Waals surface area contributed by atoms with Crippen molar-refractivity contribution in [2.75, 3.05) is 18.6 Å². The van der Waals surface area contributed by atoms with Gasteiger partial charge in [-0.25, -0.2) is 0 Å². The van der Waals surface area contributed by atoms with E-state index in [-0.39, 0.29) is 0 Å². The van der Waals surface area contributed by atoms with Crippen molar-refractivity contribution in [1.29, 1.82) is 0 Å². The molecule has 0 rings (SSSR count). The Hall–Kier alpha value is 0.310. The van der Waals surface area contributed by atoms with E-state index in [1.54, 1.807) is 0 Å². The zero-order valence-corrected chi connectivity index (χ0v) is 10.4. The van der Waals surface area contributed by atoms with Crippen molar-refractivity contribution >= 4 is 11.8 Å². The van der Waals surface area contributed by atoms with Crippen LogP contribution in [-0.4, -0.2) is 24.6 Å². The molecule has 80 valence electrons. The molecule has 0 amide bonds. The lowest BCUT2D eigenvalue weighted by Crippen LogP contribution is -2.26. The average Bonchev–Trinajstić information content (AvgIpc) is 2.09. The van der Waals surface area contributed by atoms with Crippen LogP contribution in [0.5, 0.6) is 0 Å². The fourth-order valence-corrected chi connectivity index (χ4v) is 2.18. The van der Waals surface area contributed by atoms with Gasteiger partial charge in [-0.15, -0.1) is 0 Å². The van der Waals surface area contributed by atoms with Crippen LogP contribution in [0, 0.1) is 5.92 Å². The second-order valence-corrected chi connectivity index (χ2v) is 5.35. The van der Waals surface area contributed by atoms with E-state index in [2.05, 4.69) is 44.9 Å². The first-order valence-corrected chi connectivity index (χ1v) is 6.61. The van der Waals surface area contributed by atoms with Gasteiger partial charge in [-0.05, 0) is 43.7 Å². The Labute approximate surface area is 88.1 Å². The molecule has 0 saturated carbocycles. The molecular weight excluding hydrogens is 178 g/mol. The van der Waals surface area contributed by atoms with E-state index in [0.717, 1.165) is 12.0 Å². The van der Waals surface area contributed by atoms with Crippen molar-refractivity contribution < 1.29 is 0 Å². The summed E-state index contributed by atoms with van der Waals surface area (Å²) in [5.74, 6) is 3.40. The summed E-state index contributed by atoms with van der Waals surface area (Å²) in [7, 11) is 2.08. The Balaban J connectivity index is 3.36. The number of hydrogen-bond donors (Lipinski definition) is 1. The summed E-state index contributed by atoms with van der Waals surface area (Å²) < 4.78 is 0. The van der Waals surface area contributed by atoms with Crippen molar-refractivity contribution in [3.63, 3.8) is 0 Å². The Bertz CT molecular complexity index is 104. The van der Waals surface area contributed by atoms with E-state index < -0.39 is 0 Å². The molecule has 0 fully saturated rings. The molecule has 0 aromatic heterocycles. The monoisotopic (exact) mass is 203 g/mol. The fraction of sp³-hybridized carbons (Fsp3) is 1.00. The summed E-state index contributed by atoms with van der Waals surface area (Å²) in [6.07, 6.45) is 4.01. The lowest BCUT2D eigenvalue weighted by atomic mass is 10.0. The molecule has 1 N–H and O–H groups in total. The standard InChI is InChI=1S/C11H25NS/c1-5-13-8-6-7-11(12-4)9-10(2)3/h10-12H,5-9H2,1-4H3. The third-order valence-corrected chi connectivity index (χ3v) is 3.20. The van der Waals surface area contributed by atoms with Crippen molar-refractivity contribution in [3.05, 3.63) is 0 Å². The summed E-state index contributed by atoms with van der Waals surface area (Å²) in [5, 5.41) is 3.40. The first kappa shape index (κ1) is 13.3. The summed E-state index contributed by atoms with van der Waals surface area (Å²) >= 11 is 2.05. The normalized spacial score (nSPS) is 13.6. The zero-order valence-electron chi connectivity index (χ0n) is 9.60. The van der Waals surface area contributed by atoms with E-state index in [1.807, 2.05) is 0 Å². The maximum atomic E-state index is 3.40. The van der Waals surface area contributed by atoms with Gasteiger partial charge in [0.1, 0.15) is 0 Å². The Morgan fingerprint density at radius 3 is 2.46 bits per heavy atom. The van der Waals surface area contributed by atoms with Crippen LogP contribution in [0.3, 0.4) is 0 Å². The summed E-state index contributed by atoms with van der Waals surface area (Å²) in [4.78, 5) is 0. The smallest absolute Gasteiger partial charge is 0.00667 e. The highest BCUT2D eigenvalue weighted by Gasteiger charge is 2.07. The van der Waals surface area contributed by atoms with Crippen LogP contribution in [0.25, 0.3) is 0 Å². The Morgan fingerprint density at radius 1 is 1.31 bits per heavy atom. The van der Waals surface area contributed by atoms with Crippen LogP contribution in [0.15, 0.2) is 0 Å². The molecule has 0 radical (unpaired) electrons. The molecule has 1 nitrogen and oxygen atoms in total. The van der Waals surface area contributed by atoms with Crippen LogP contribution in [0.1, 0.15) is 40.0 Å². The predicted molar refractivity (Wildman–Crippen MR) is 64.5 cm³/mol. The number of thioether (sulfide) groups is 1. The molecule has 13 heavy (non-hydrogen) atoms. The molecular formula is C11H25NS. The molecule has 0 aliphatic heterocycles. The molecule has 0 aliphatic carbocycles. The van der Waals surface area contributed by atoms with E-state index in [9.17, 15) is 0 Å². The summed E-state index contributed by atoms with van der Waals surface area (Å²) in [6.45, 7) is 6.82. The van der Waals surface area contributed by atoms with Gasteiger partial charge >= 0.3 is 0 Å². The largest absolute Gasteiger partial charge is 0.317 e. The number of rotatable bonds is 8. The average molecular weight is 203 g/mol. The first-order chi connectivity index (χ1) is 6.20. The molecule has 0 aromatic rings. The molecule has 2 heteroatoms. The van der Waals surface area contributed by atoms with Gasteiger partial charge < -0.3 is 5.32 Å². The highest BCUT2D eigenvalue weighted by molar-refractivity contribution is 7.99. The molecule has 0 aliphatic rings. The van der Waals surface area contributed by atoms with Crippen LogP contribution < -0.4 is 5.32 Å². The van der Waals surface area contributed by atoms with Gasteiger partial charge in [0, 0.05) is 6.04 Å². The maximum absolute atomic E-state index is 3.40. The van der Waals surface area contributed by atoms with Gasteiger partial charge in [-0.1, -0.05) is 20.8 Å². The second kappa shape index (κ2) is 8.89. The fourth-order valence-electron chi connectivity index (χ4n) is 1.53. The molecule has 0 saturated heterocycles. The number of hydrogen-bond acceptors (Lipinski definition) is 2. The van der Waals surface area contributed by atoms with Gasteiger partial charge in [-0.3, -0.25) is 0 Å². The third-order valence-electron chi connectivity index (χ3n) is 2.21. The molecule has 1 unspecified atom stereocenters. The quantitative estimate of drug-likeness (QED) is 0.608. The topological polar surface area (TPSA) is 12.0 Å². The van der Waals surface area contributed by atoms with Gasteiger partial charge in [0.2, 0.25) is 0 Å². The second-order valence-electron chi connectivity index (χ2n) is 3.95. The van der Waals surface area contributed by atoms with E-state index in [0.29, 0.717) is 0 Å². The zero-order chi connectivity index (χ0) is 10.1. The molecule has 0 heterocycles. The number of nitrogens with one attached hydrogen (secondary N) is 1. The van der Waals surface area contributed by atoms with Gasteiger partial charge in [0.05, 0.1) is 0 Å². The van der Waals surface area contributed by atoms with Crippen molar-refractivity contribution in [2.24, 2.45) is 5.92 Å². The highest BCUT2D eigenvalue weighted by atomic mass is 32.2. The van der Waals surface area contributed by atoms with Gasteiger partial charge in [0.25, 0.3) is 0 Å². The Kier molecular flexibility index (Phi) is 9.10. The maximum Gasteiger partial charge on any atom is 0.00667 e. The molecule has 0 aromatic carbocycles. The molecule has 0 spiro atoms. The summed E-state index contributed by atoms with van der Waals surface area (Å²) in [5.41, 5.74) is 0. The predicted octanol–water partition coefficient (Wildman–Crippen LogP) is 3.15. The van der Waals surface area contributed by atoms with Crippen molar-refractivity contribution in [3.8, 4) is 0 Å². The minimum absolute atomic E-state index is 0.734. The lowest BCUT2D eigenvalue weighted by molar-refractivity contribution is 0.419. The van der Waals surface area contributed by atoms with E-state index >= 15 is 0 Å². The first-order valence-electron chi connectivity index (χ1n) is 5.45. The molecule has 0 bridgehead atoms. The van der Waals surface area contributed by atoms with Crippen molar-refractivity contribution in [1.82, 2.24) is 5.32 Å². The lowest BCUT2D eigenvalue weighted by Gasteiger charge is -2.17. The van der Waals surface area contributed by atoms with Crippen LogP contribution in [0.4, 0.5) is 0 Å². The summed E-state index contributed by atoms with van der Waals surface area (Å²) in [6, 6.07) is 0.734. The highest BCUT2D eigenvalue weighted by Crippen LogP contribution is 2.11. The minimum Gasteiger partial charge on any atom is -0.317 e. The van der Waals surface area contributed by atoms with Crippen LogP contribution >= 0.6 is 11.8 Å². The van der Waals surface area contributed by atoms with Gasteiger partial charge in [-0.2, -0.15) is 11.8 Å². The molecule has 1 atom stereocenters. The SMILES string of the molecule is CCSCCCC(CC(C)C)NC. The van der Waals surface area contributed by atoms with Gasteiger partial charge in [0.15, 0.2) is 0 Å². The van der Waals surface area contributed by atoms with Crippen molar-refractivity contribution in [2.45, 2.75) is 46.1 Å². The van der Waals surface area contributed by atoms with Crippen LogP contribution in [-0.2, 0) is 0 Å². The Morgan fingerprint density at radius 2 is 2.00 bits per heavy atom. The minimum atomic E-state index is 0.734. The van der Waals surface area contributed by atoms with Crippen LogP contribution in [0.2, 0.25) is 0 Å². The van der Waals surface area contributed by atoms with E-state index in [1.165, 1.54) is 30.8 Å². The third kappa shape index (κ3) is 8.63. The van der Waals surface area contributed by atoms with E-state index in [4.69, 9.17) is 0 Å².